The lowest BCUT2D eigenvalue weighted by Gasteiger charge is -2.37. The number of Topliss-reactive ketones (excluding diaryl/α,β-unsaturated/α-hetero) is 1. The Labute approximate surface area is 190 Å². The normalized spacial score (nSPS) is 13.5. The largest absolute Gasteiger partial charge is 0.507 e. The van der Waals surface area contributed by atoms with E-state index < -0.39 is 30.7 Å². The van der Waals surface area contributed by atoms with Crippen molar-refractivity contribution in [3.8, 4) is 22.9 Å². The van der Waals surface area contributed by atoms with Gasteiger partial charge in [0.05, 0.1) is 24.2 Å². The number of nitriles is 1. The third kappa shape index (κ3) is 6.33. The first-order chi connectivity index (χ1) is 15.4. The molecule has 0 aliphatic heterocycles. The lowest BCUT2D eigenvalue weighted by Crippen LogP contribution is -2.51. The Morgan fingerprint density at radius 3 is 2.15 bits per heavy atom. The van der Waals surface area contributed by atoms with Crippen LogP contribution in [0.3, 0.4) is 0 Å². The van der Waals surface area contributed by atoms with Gasteiger partial charge in [-0.3, -0.25) is 14.5 Å². The van der Waals surface area contributed by atoms with Crippen LogP contribution in [0, 0.1) is 17.2 Å². The van der Waals surface area contributed by atoms with Gasteiger partial charge in [-0.1, -0.05) is 44.2 Å². The second kappa shape index (κ2) is 10.5. The van der Waals surface area contributed by atoms with E-state index in [1.54, 1.807) is 26.0 Å². The van der Waals surface area contributed by atoms with Gasteiger partial charge in [-0.25, -0.2) is 0 Å². The van der Waals surface area contributed by atoms with Crippen LogP contribution in [0.4, 0.5) is 13.2 Å². The molecule has 0 unspecified atom stereocenters. The number of nitrogens with two attached hydrogens (primary N) is 1. The van der Waals surface area contributed by atoms with Crippen molar-refractivity contribution in [1.82, 2.24) is 4.90 Å². The molecule has 0 aromatic heterocycles. The fourth-order valence-corrected chi connectivity index (χ4v) is 3.75. The number of benzene rings is 2. The minimum absolute atomic E-state index is 0.0724. The second-order valence-electron chi connectivity index (χ2n) is 8.23. The molecule has 3 N–H and O–H groups in total. The van der Waals surface area contributed by atoms with Crippen LogP contribution in [-0.2, 0) is 4.79 Å². The highest BCUT2D eigenvalue weighted by Gasteiger charge is 2.47. The number of ketones is 1. The number of carbonyl (C=O) groups is 2. The van der Waals surface area contributed by atoms with Crippen LogP contribution in [0.5, 0.6) is 5.75 Å². The van der Waals surface area contributed by atoms with E-state index in [0.29, 0.717) is 11.1 Å². The topological polar surface area (TPSA) is 107 Å². The number of nitrogens with zero attached hydrogens (tertiary/aromatic N) is 2. The zero-order valence-electron chi connectivity index (χ0n) is 18.6. The van der Waals surface area contributed by atoms with Crippen molar-refractivity contribution >= 4 is 11.7 Å². The number of halogens is 3. The highest BCUT2D eigenvalue weighted by atomic mass is 19.4. The molecular weight excluding hydrogens is 435 g/mol. The van der Waals surface area contributed by atoms with E-state index in [2.05, 4.69) is 0 Å². The maximum absolute atomic E-state index is 14.2. The van der Waals surface area contributed by atoms with E-state index in [1.807, 2.05) is 0 Å². The molecule has 0 saturated heterocycles. The summed E-state index contributed by atoms with van der Waals surface area (Å²) in [5.41, 5.74) is 6.44. The second-order valence-corrected chi connectivity index (χ2v) is 8.23. The Bertz CT molecular complexity index is 1040. The summed E-state index contributed by atoms with van der Waals surface area (Å²) in [5.74, 6) is -1.58. The van der Waals surface area contributed by atoms with Gasteiger partial charge >= 0.3 is 6.18 Å². The van der Waals surface area contributed by atoms with Crippen LogP contribution in [0.2, 0.25) is 0 Å². The Morgan fingerprint density at radius 1 is 1.12 bits per heavy atom. The molecule has 2 aromatic rings. The SMILES string of the molecule is CC(=O)c1cc(-c2ccc([C@H](N(CC#N)[C@@H](CC(C)C)C(N)=O)C(F)(F)F)cc2)ccc1O. The van der Waals surface area contributed by atoms with E-state index in [4.69, 9.17) is 5.73 Å². The van der Waals surface area contributed by atoms with E-state index in [1.165, 1.54) is 43.3 Å². The van der Waals surface area contributed by atoms with Gasteiger partial charge in [-0.2, -0.15) is 18.4 Å². The molecule has 0 bridgehead atoms. The van der Waals surface area contributed by atoms with E-state index in [9.17, 15) is 33.1 Å². The minimum atomic E-state index is -4.77. The Hall–Kier alpha value is -3.38. The molecule has 9 heteroatoms. The average molecular weight is 461 g/mol. The zero-order valence-corrected chi connectivity index (χ0v) is 18.6. The van der Waals surface area contributed by atoms with Crippen molar-refractivity contribution in [3.05, 3.63) is 53.6 Å². The van der Waals surface area contributed by atoms with E-state index >= 15 is 0 Å². The first-order valence-corrected chi connectivity index (χ1v) is 10.3. The number of aromatic hydroxyl groups is 1. The van der Waals surface area contributed by atoms with Crippen molar-refractivity contribution in [2.24, 2.45) is 11.7 Å². The molecule has 0 fully saturated rings. The van der Waals surface area contributed by atoms with Crippen LogP contribution in [0.1, 0.15) is 49.2 Å². The number of alkyl halides is 3. The molecule has 1 amide bonds. The number of phenolic OH excluding ortho intramolecular Hbond substituents is 1. The smallest absolute Gasteiger partial charge is 0.408 e. The third-order valence-corrected chi connectivity index (χ3v) is 5.25. The molecule has 0 radical (unpaired) electrons. The molecule has 0 heterocycles. The molecular formula is C24H26F3N3O3. The monoisotopic (exact) mass is 461 g/mol. The summed E-state index contributed by atoms with van der Waals surface area (Å²) in [5, 5.41) is 19.0. The lowest BCUT2D eigenvalue weighted by atomic mass is 9.95. The van der Waals surface area contributed by atoms with Crippen LogP contribution in [0.15, 0.2) is 42.5 Å². The summed E-state index contributed by atoms with van der Waals surface area (Å²) in [7, 11) is 0. The molecule has 0 aliphatic rings. The van der Waals surface area contributed by atoms with Crippen LogP contribution in [-0.4, -0.2) is 40.5 Å². The minimum Gasteiger partial charge on any atom is -0.507 e. The summed E-state index contributed by atoms with van der Waals surface area (Å²) < 4.78 is 42.5. The fourth-order valence-electron chi connectivity index (χ4n) is 3.75. The number of hydrogen-bond acceptors (Lipinski definition) is 5. The van der Waals surface area contributed by atoms with Crippen LogP contribution < -0.4 is 5.73 Å². The average Bonchev–Trinajstić information content (AvgIpc) is 2.71. The third-order valence-electron chi connectivity index (χ3n) is 5.25. The summed E-state index contributed by atoms with van der Waals surface area (Å²) in [4.78, 5) is 24.5. The van der Waals surface area contributed by atoms with Crippen molar-refractivity contribution in [1.29, 1.82) is 5.26 Å². The van der Waals surface area contributed by atoms with E-state index in [0.717, 1.165) is 4.90 Å². The summed E-state index contributed by atoms with van der Waals surface area (Å²) in [6.45, 7) is 4.17. The van der Waals surface area contributed by atoms with Gasteiger partial charge in [0.1, 0.15) is 11.8 Å². The predicted octanol–water partition coefficient (Wildman–Crippen LogP) is 4.59. The standard InChI is InChI=1S/C24H26F3N3O3/c1-14(2)12-20(23(29)33)30(11-10-28)22(24(25,26)27)17-6-4-16(5-7-17)18-8-9-21(32)19(13-18)15(3)31/h4-9,13-14,20,22,32H,11-12H2,1-3H3,(H2,29,33)/t20-,22-/m0/s1. The van der Waals surface area contributed by atoms with Gasteiger partial charge in [0, 0.05) is 0 Å². The van der Waals surface area contributed by atoms with Gasteiger partial charge in [-0.15, -0.1) is 0 Å². The maximum atomic E-state index is 14.2. The highest BCUT2D eigenvalue weighted by molar-refractivity contribution is 5.98. The maximum Gasteiger partial charge on any atom is 0.408 e. The van der Waals surface area contributed by atoms with Gasteiger partial charge in [0.15, 0.2) is 5.78 Å². The van der Waals surface area contributed by atoms with Crippen molar-refractivity contribution < 1.29 is 27.9 Å². The number of amides is 1. The van der Waals surface area contributed by atoms with Gasteiger partial charge < -0.3 is 10.8 Å². The van der Waals surface area contributed by atoms with E-state index in [-0.39, 0.29) is 35.0 Å². The Balaban J connectivity index is 2.52. The molecule has 0 saturated carbocycles. The molecule has 176 valence electrons. The number of rotatable bonds is 9. The first-order valence-electron chi connectivity index (χ1n) is 10.3. The lowest BCUT2D eigenvalue weighted by molar-refractivity contribution is -0.192. The molecule has 0 aliphatic carbocycles. The Morgan fingerprint density at radius 2 is 1.70 bits per heavy atom. The number of primary amides is 1. The first kappa shape index (κ1) is 25.9. The van der Waals surface area contributed by atoms with Gasteiger partial charge in [0.2, 0.25) is 5.91 Å². The summed E-state index contributed by atoms with van der Waals surface area (Å²) in [6, 6.07) is 8.04. The van der Waals surface area contributed by atoms with Crippen molar-refractivity contribution in [3.63, 3.8) is 0 Å². The molecule has 33 heavy (non-hydrogen) atoms. The highest BCUT2D eigenvalue weighted by Crippen LogP contribution is 2.40. The molecule has 0 spiro atoms. The number of carbonyl (C=O) groups excluding carboxylic acids is 2. The number of hydrogen-bond donors (Lipinski definition) is 2. The molecule has 2 atom stereocenters. The summed E-state index contributed by atoms with van der Waals surface area (Å²) >= 11 is 0. The quantitative estimate of drug-likeness (QED) is 0.420. The Kier molecular flexibility index (Phi) is 8.23. The van der Waals surface area contributed by atoms with Gasteiger partial charge in [0.25, 0.3) is 0 Å². The number of phenols is 1. The molecule has 2 aromatic carbocycles. The van der Waals surface area contributed by atoms with Crippen molar-refractivity contribution in [2.45, 2.75) is 45.5 Å². The zero-order chi connectivity index (χ0) is 24.9. The molecule has 2 rings (SSSR count). The molecule has 6 nitrogen and oxygen atoms in total. The summed E-state index contributed by atoms with van der Waals surface area (Å²) in [6.07, 6.45) is -4.70. The van der Waals surface area contributed by atoms with Crippen molar-refractivity contribution in [2.75, 3.05) is 6.54 Å². The van der Waals surface area contributed by atoms with Crippen LogP contribution in [0.25, 0.3) is 11.1 Å². The fraction of sp³-hybridized carbons (Fsp3) is 0.375. The van der Waals surface area contributed by atoms with Crippen LogP contribution >= 0.6 is 0 Å². The van der Waals surface area contributed by atoms with Gasteiger partial charge in [-0.05, 0) is 48.1 Å². The predicted molar refractivity (Wildman–Crippen MR) is 117 cm³/mol.